The first kappa shape index (κ1) is 12.5. The second kappa shape index (κ2) is 5.53. The summed E-state index contributed by atoms with van der Waals surface area (Å²) in [6, 6.07) is 4.52. The van der Waals surface area contributed by atoms with E-state index in [2.05, 4.69) is 35.1 Å². The van der Waals surface area contributed by atoms with Gasteiger partial charge in [-0.2, -0.15) is 10.4 Å². The molecule has 16 heavy (non-hydrogen) atoms. The van der Waals surface area contributed by atoms with E-state index in [-0.39, 0.29) is 17.9 Å². The molecule has 0 bridgehead atoms. The average Bonchev–Trinajstić information content (AvgIpc) is 2.25. The molecule has 0 aliphatic carbocycles. The monoisotopic (exact) mass is 253 g/mol. The van der Waals surface area contributed by atoms with Crippen LogP contribution < -0.4 is 0 Å². The lowest BCUT2D eigenvalue weighted by molar-refractivity contribution is 0.0554. The zero-order valence-electron chi connectivity index (χ0n) is 7.97. The van der Waals surface area contributed by atoms with E-state index >= 15 is 0 Å². The second-order valence-electron chi connectivity index (χ2n) is 2.71. The molecule has 0 heterocycles. The van der Waals surface area contributed by atoms with Crippen LogP contribution in [-0.2, 0) is 4.74 Å². The number of thiol groups is 2. The van der Waals surface area contributed by atoms with Crippen molar-refractivity contribution in [1.82, 2.24) is 0 Å². The van der Waals surface area contributed by atoms with Crippen molar-refractivity contribution in [3.05, 3.63) is 17.7 Å². The van der Waals surface area contributed by atoms with Gasteiger partial charge in [-0.05, 0) is 12.1 Å². The highest BCUT2D eigenvalue weighted by Crippen LogP contribution is 2.31. The predicted octanol–water partition coefficient (Wildman–Crippen LogP) is 2.61. The van der Waals surface area contributed by atoms with E-state index < -0.39 is 5.97 Å². The first-order chi connectivity index (χ1) is 7.60. The van der Waals surface area contributed by atoms with E-state index in [1.165, 1.54) is 12.1 Å². The number of nitriles is 1. The minimum atomic E-state index is -0.635. The maximum atomic E-state index is 11.4. The Kier molecular flexibility index (Phi) is 4.34. The highest BCUT2D eigenvalue weighted by atomic mass is 32.1. The van der Waals surface area contributed by atoms with Gasteiger partial charge in [-0.1, -0.05) is 0 Å². The summed E-state index contributed by atoms with van der Waals surface area (Å²) >= 11 is 8.14. The van der Waals surface area contributed by atoms with Crippen molar-refractivity contribution in [2.75, 3.05) is 6.61 Å². The lowest BCUT2D eigenvalue weighted by Gasteiger charge is -2.05. The van der Waals surface area contributed by atoms with Gasteiger partial charge in [0.15, 0.2) is 6.61 Å². The molecule has 0 saturated heterocycles. The Morgan fingerprint density at radius 2 is 2.06 bits per heavy atom. The van der Waals surface area contributed by atoms with E-state index in [1.54, 1.807) is 6.07 Å². The molecule has 0 spiro atoms. The number of hydrogen-bond donors (Lipinski definition) is 3. The molecule has 0 unspecified atom stereocenters. The van der Waals surface area contributed by atoms with Gasteiger partial charge < -0.3 is 4.74 Å². The number of nitrogens with one attached hydrogen (secondary N) is 1. The quantitative estimate of drug-likeness (QED) is 0.439. The molecule has 0 aliphatic heterocycles. The van der Waals surface area contributed by atoms with Gasteiger partial charge in [0.2, 0.25) is 0 Å². The zero-order chi connectivity index (χ0) is 12.1. The predicted molar refractivity (Wildman–Crippen MR) is 61.6 cm³/mol. The molecule has 1 aromatic carbocycles. The Morgan fingerprint density at radius 3 is 2.50 bits per heavy atom. The van der Waals surface area contributed by atoms with Crippen LogP contribution in [0.15, 0.2) is 27.0 Å². The zero-order valence-corrected chi connectivity index (χ0v) is 9.76. The van der Waals surface area contributed by atoms with Gasteiger partial charge in [-0.3, -0.25) is 0 Å². The van der Waals surface area contributed by atoms with Crippen molar-refractivity contribution in [1.29, 1.82) is 10.8 Å². The molecule has 0 saturated carbocycles. The summed E-state index contributed by atoms with van der Waals surface area (Å²) in [7, 11) is 0. The van der Waals surface area contributed by atoms with Crippen LogP contribution in [0.2, 0.25) is 0 Å². The summed E-state index contributed by atoms with van der Waals surface area (Å²) in [5.41, 5.74) is 7.38. The minimum absolute atomic E-state index is 0.220. The van der Waals surface area contributed by atoms with Crippen LogP contribution in [-0.4, -0.2) is 12.6 Å². The fourth-order valence-electron chi connectivity index (χ4n) is 1.02. The number of carbonyl (C=O) groups excluding carboxylic acids is 1. The van der Waals surface area contributed by atoms with E-state index in [9.17, 15) is 4.79 Å². The Bertz CT molecular complexity index is 459. The normalized spacial score (nSPS) is 9.31. The molecule has 1 N–H and O–H groups in total. The molecular weight excluding hydrogens is 246 g/mol. The number of ether oxygens (including phenoxy) is 1. The van der Waals surface area contributed by atoms with Crippen molar-refractivity contribution in [3.8, 4) is 6.07 Å². The van der Waals surface area contributed by atoms with Crippen molar-refractivity contribution in [2.45, 2.75) is 9.79 Å². The molecule has 7 heteroatoms. The average molecular weight is 253 g/mol. The largest absolute Gasteiger partial charge is 0.447 e. The summed E-state index contributed by atoms with van der Waals surface area (Å²) in [6.45, 7) is -0.312. The van der Waals surface area contributed by atoms with E-state index in [0.717, 1.165) is 0 Å². The van der Waals surface area contributed by atoms with Gasteiger partial charge in [-0.15, -0.1) is 25.3 Å². The second-order valence-corrected chi connectivity index (χ2v) is 3.67. The van der Waals surface area contributed by atoms with Crippen LogP contribution in [0, 0.1) is 16.9 Å². The van der Waals surface area contributed by atoms with E-state index in [0.29, 0.717) is 9.79 Å². The van der Waals surface area contributed by atoms with Crippen molar-refractivity contribution in [2.24, 2.45) is 5.11 Å². The molecule has 0 aromatic heterocycles. The molecule has 1 aromatic rings. The van der Waals surface area contributed by atoms with Crippen LogP contribution in [0.5, 0.6) is 0 Å². The highest BCUT2D eigenvalue weighted by Gasteiger charge is 2.12. The van der Waals surface area contributed by atoms with Crippen LogP contribution in [0.3, 0.4) is 0 Å². The van der Waals surface area contributed by atoms with Gasteiger partial charge in [0.1, 0.15) is 11.8 Å². The maximum absolute atomic E-state index is 11.4. The fraction of sp³-hybridized carbons (Fsp3) is 0.111. The SMILES string of the molecule is N#CCOC(=O)c1cc(S)c(N=N)c(S)c1. The Labute approximate surface area is 103 Å². The lowest BCUT2D eigenvalue weighted by atomic mass is 10.2. The highest BCUT2D eigenvalue weighted by molar-refractivity contribution is 7.81. The summed E-state index contributed by atoms with van der Waals surface area (Å²) < 4.78 is 4.62. The molecular formula is C9H7N3O2S2. The Morgan fingerprint density at radius 1 is 1.50 bits per heavy atom. The van der Waals surface area contributed by atoms with Gasteiger partial charge in [-0.25, -0.2) is 10.3 Å². The number of nitrogens with zero attached hydrogens (tertiary/aromatic N) is 2. The molecule has 82 valence electrons. The number of hydrogen-bond acceptors (Lipinski definition) is 7. The molecule has 1 rings (SSSR count). The molecule has 5 nitrogen and oxygen atoms in total. The molecule has 0 radical (unpaired) electrons. The van der Waals surface area contributed by atoms with Crippen LogP contribution >= 0.6 is 25.3 Å². The Balaban J connectivity index is 3.05. The topological polar surface area (TPSA) is 86.3 Å². The summed E-state index contributed by atoms with van der Waals surface area (Å²) in [5, 5.41) is 11.5. The third-order valence-corrected chi connectivity index (χ3v) is 2.37. The molecule has 0 amide bonds. The van der Waals surface area contributed by atoms with Gasteiger partial charge in [0.25, 0.3) is 0 Å². The third-order valence-electron chi connectivity index (χ3n) is 1.69. The number of rotatable bonds is 3. The first-order valence-corrected chi connectivity index (χ1v) is 4.97. The number of benzene rings is 1. The van der Waals surface area contributed by atoms with Crippen molar-refractivity contribution in [3.63, 3.8) is 0 Å². The molecule has 0 atom stereocenters. The van der Waals surface area contributed by atoms with Crippen molar-refractivity contribution < 1.29 is 9.53 Å². The van der Waals surface area contributed by atoms with Gasteiger partial charge >= 0.3 is 5.97 Å². The van der Waals surface area contributed by atoms with Gasteiger partial charge in [0, 0.05) is 9.79 Å². The lowest BCUT2D eigenvalue weighted by Crippen LogP contribution is -2.05. The number of esters is 1. The van der Waals surface area contributed by atoms with Crippen LogP contribution in [0.25, 0.3) is 0 Å². The van der Waals surface area contributed by atoms with E-state index in [1.807, 2.05) is 0 Å². The van der Waals surface area contributed by atoms with Gasteiger partial charge in [0.05, 0.1) is 5.56 Å². The standard InChI is InChI=1S/C9H7N3O2S2/c10-1-2-14-9(13)5-3-6(15)8(12-11)7(16)4-5/h3-4,11,15-16H,2H2. The summed E-state index contributed by atoms with van der Waals surface area (Å²) in [4.78, 5) is 12.1. The smallest absolute Gasteiger partial charge is 0.339 e. The first-order valence-electron chi connectivity index (χ1n) is 4.07. The van der Waals surface area contributed by atoms with Crippen molar-refractivity contribution >= 4 is 36.9 Å². The minimum Gasteiger partial charge on any atom is -0.447 e. The Hall–Kier alpha value is -1.52. The molecule has 0 fully saturated rings. The summed E-state index contributed by atoms with van der Waals surface area (Å²) in [6.07, 6.45) is 0. The number of carbonyl (C=O) groups is 1. The van der Waals surface area contributed by atoms with Crippen LogP contribution in [0.4, 0.5) is 5.69 Å². The van der Waals surface area contributed by atoms with E-state index in [4.69, 9.17) is 10.8 Å². The maximum Gasteiger partial charge on any atom is 0.339 e. The van der Waals surface area contributed by atoms with Crippen LogP contribution in [0.1, 0.15) is 10.4 Å². The fourth-order valence-corrected chi connectivity index (χ4v) is 1.73. The third kappa shape index (κ3) is 2.74. The molecule has 0 aliphatic rings. The summed E-state index contributed by atoms with van der Waals surface area (Å²) in [5.74, 6) is -0.635.